The van der Waals surface area contributed by atoms with Gasteiger partial charge in [0.05, 0.1) is 5.04 Å². The third kappa shape index (κ3) is 5.59. The molecule has 0 fully saturated rings. The molecule has 0 aliphatic carbocycles. The summed E-state index contributed by atoms with van der Waals surface area (Å²) in [6.45, 7) is 1.83. The summed E-state index contributed by atoms with van der Waals surface area (Å²) in [5.41, 5.74) is 0. The van der Waals surface area contributed by atoms with Gasteiger partial charge in [0.2, 0.25) is 0 Å². The molecule has 1 atom stereocenters. The van der Waals surface area contributed by atoms with E-state index < -0.39 is 24.2 Å². The molecule has 5 nitrogen and oxygen atoms in total. The average Bonchev–Trinajstić information content (AvgIpc) is 2.51. The number of rotatable bonds is 1. The molecule has 0 amide bonds. The number of carboxylic acid groups (broad SMARTS) is 2. The third-order valence-corrected chi connectivity index (χ3v) is 2.32. The van der Waals surface area contributed by atoms with Crippen molar-refractivity contribution in [2.75, 3.05) is 5.75 Å². The van der Waals surface area contributed by atoms with Gasteiger partial charge in [0.25, 0.3) is 0 Å². The molecule has 2 N–H and O–H groups in total. The van der Waals surface area contributed by atoms with Crippen molar-refractivity contribution >= 4 is 28.7 Å². The lowest BCUT2D eigenvalue weighted by Crippen LogP contribution is -2.21. The van der Waals surface area contributed by atoms with Crippen molar-refractivity contribution < 1.29 is 33.0 Å². The van der Waals surface area contributed by atoms with Gasteiger partial charge in [-0.1, -0.05) is 0 Å². The van der Waals surface area contributed by atoms with Crippen LogP contribution in [-0.2, 0) is 9.59 Å². The fourth-order valence-corrected chi connectivity index (χ4v) is 1.44. The molecule has 0 saturated carbocycles. The molecule has 9 heteroatoms. The second-order valence-electron chi connectivity index (χ2n) is 2.62. The van der Waals surface area contributed by atoms with Gasteiger partial charge in [0.1, 0.15) is 0 Å². The molecule has 0 bridgehead atoms. The number of carboxylic acids is 2. The van der Waals surface area contributed by atoms with E-state index in [4.69, 9.17) is 15.0 Å². The SMILES string of the molecule is CC1=NC(C(=O)O)CS1.O=C(O)C(F)(F)F. The highest BCUT2D eigenvalue weighted by molar-refractivity contribution is 8.14. The van der Waals surface area contributed by atoms with Crippen LogP contribution in [0.25, 0.3) is 0 Å². The standard InChI is InChI=1S/C5H7NO2S.C2HF3O2/c1-3-6-4(2-9-3)5(7)8;3-2(4,5)1(6)7/h4H,2H2,1H3,(H,7,8);(H,6,7). The molecule has 1 aliphatic heterocycles. The Balaban J connectivity index is 0.000000293. The van der Waals surface area contributed by atoms with Crippen LogP contribution in [0.4, 0.5) is 13.2 Å². The first-order chi connectivity index (χ1) is 7.14. The van der Waals surface area contributed by atoms with Crippen molar-refractivity contribution in [3.8, 4) is 0 Å². The van der Waals surface area contributed by atoms with Gasteiger partial charge in [-0.2, -0.15) is 13.2 Å². The van der Waals surface area contributed by atoms with E-state index in [1.807, 2.05) is 6.92 Å². The highest BCUT2D eigenvalue weighted by atomic mass is 32.2. The highest BCUT2D eigenvalue weighted by Gasteiger charge is 2.38. The quantitative estimate of drug-likeness (QED) is 0.739. The minimum Gasteiger partial charge on any atom is -0.480 e. The Labute approximate surface area is 92.4 Å². The van der Waals surface area contributed by atoms with E-state index in [1.54, 1.807) is 0 Å². The number of aliphatic carboxylic acids is 2. The third-order valence-electron chi connectivity index (χ3n) is 1.32. The normalized spacial score (nSPS) is 19.5. The summed E-state index contributed by atoms with van der Waals surface area (Å²) in [7, 11) is 0. The molecule has 0 spiro atoms. The van der Waals surface area contributed by atoms with Gasteiger partial charge in [0, 0.05) is 5.75 Å². The maximum Gasteiger partial charge on any atom is 0.490 e. The maximum absolute atomic E-state index is 10.6. The zero-order valence-corrected chi connectivity index (χ0v) is 8.80. The molecule has 1 aliphatic rings. The summed E-state index contributed by atoms with van der Waals surface area (Å²) < 4.78 is 31.7. The van der Waals surface area contributed by atoms with E-state index in [0.717, 1.165) is 5.04 Å². The van der Waals surface area contributed by atoms with Gasteiger partial charge in [-0.25, -0.2) is 9.59 Å². The number of hydrogen-bond donors (Lipinski definition) is 2. The van der Waals surface area contributed by atoms with Crippen LogP contribution in [0.3, 0.4) is 0 Å². The highest BCUT2D eigenvalue weighted by Crippen LogP contribution is 2.17. The fraction of sp³-hybridized carbons (Fsp3) is 0.571. The molecule has 0 aromatic rings. The monoisotopic (exact) mass is 259 g/mol. The van der Waals surface area contributed by atoms with Crippen LogP contribution in [0.1, 0.15) is 6.92 Å². The van der Waals surface area contributed by atoms with Crippen LogP contribution in [0.5, 0.6) is 0 Å². The van der Waals surface area contributed by atoms with Crippen LogP contribution < -0.4 is 0 Å². The number of halogens is 3. The smallest absolute Gasteiger partial charge is 0.480 e. The molecule has 16 heavy (non-hydrogen) atoms. The summed E-state index contributed by atoms with van der Waals surface area (Å²) >= 11 is 1.50. The zero-order valence-electron chi connectivity index (χ0n) is 7.98. The first-order valence-corrected chi connectivity index (χ1v) is 4.83. The predicted molar refractivity (Wildman–Crippen MR) is 50.7 cm³/mol. The topological polar surface area (TPSA) is 87.0 Å². The van der Waals surface area contributed by atoms with Crippen molar-refractivity contribution in [1.82, 2.24) is 0 Å². The second-order valence-corrected chi connectivity index (χ2v) is 3.83. The maximum atomic E-state index is 10.6. The number of carbonyl (C=O) groups is 2. The van der Waals surface area contributed by atoms with Crippen molar-refractivity contribution in [3.05, 3.63) is 0 Å². The number of aliphatic imine (C=N–C) groups is 1. The van der Waals surface area contributed by atoms with Gasteiger partial charge in [-0.15, -0.1) is 11.8 Å². The summed E-state index contributed by atoms with van der Waals surface area (Å²) in [6.07, 6.45) is -5.08. The van der Waals surface area contributed by atoms with Gasteiger partial charge in [0.15, 0.2) is 6.04 Å². The Morgan fingerprint density at radius 3 is 2.00 bits per heavy atom. The van der Waals surface area contributed by atoms with E-state index >= 15 is 0 Å². The van der Waals surface area contributed by atoms with Crippen LogP contribution in [0.2, 0.25) is 0 Å². The summed E-state index contributed by atoms with van der Waals surface area (Å²) in [6, 6.07) is -0.491. The number of hydrogen-bond acceptors (Lipinski definition) is 4. The molecule has 1 heterocycles. The van der Waals surface area contributed by atoms with E-state index in [2.05, 4.69) is 4.99 Å². The van der Waals surface area contributed by atoms with Gasteiger partial charge in [-0.05, 0) is 6.92 Å². The van der Waals surface area contributed by atoms with Crippen LogP contribution >= 0.6 is 11.8 Å². The Hall–Kier alpha value is -1.25. The van der Waals surface area contributed by atoms with Gasteiger partial charge < -0.3 is 10.2 Å². The fourth-order valence-electron chi connectivity index (χ4n) is 0.620. The molecule has 0 radical (unpaired) electrons. The molecule has 0 aromatic carbocycles. The Kier molecular flexibility index (Phi) is 5.28. The molecular weight excluding hydrogens is 251 g/mol. The Morgan fingerprint density at radius 1 is 1.44 bits per heavy atom. The van der Waals surface area contributed by atoms with E-state index in [1.165, 1.54) is 11.8 Å². The lowest BCUT2D eigenvalue weighted by atomic mass is 10.4. The Bertz CT molecular complexity index is 315. The first kappa shape index (κ1) is 14.8. The summed E-state index contributed by atoms with van der Waals surface area (Å²) in [5.74, 6) is -2.98. The van der Waals surface area contributed by atoms with E-state index in [9.17, 15) is 18.0 Å². The molecular formula is C7H8F3NO4S. The lowest BCUT2D eigenvalue weighted by molar-refractivity contribution is -0.192. The molecule has 1 unspecified atom stereocenters. The predicted octanol–water partition coefficient (Wildman–Crippen LogP) is 1.24. The zero-order chi connectivity index (χ0) is 12.9. The molecule has 0 saturated heterocycles. The molecule has 92 valence electrons. The lowest BCUT2D eigenvalue weighted by Gasteiger charge is -1.93. The average molecular weight is 259 g/mol. The number of nitrogens with zero attached hydrogens (tertiary/aromatic N) is 1. The minimum absolute atomic E-state index is 0.491. The van der Waals surface area contributed by atoms with Crippen molar-refractivity contribution in [2.24, 2.45) is 4.99 Å². The van der Waals surface area contributed by atoms with Crippen molar-refractivity contribution in [2.45, 2.75) is 19.1 Å². The summed E-state index contributed by atoms with van der Waals surface area (Å²) in [4.78, 5) is 23.0. The largest absolute Gasteiger partial charge is 0.490 e. The minimum atomic E-state index is -5.08. The first-order valence-electron chi connectivity index (χ1n) is 3.84. The molecule has 1 rings (SSSR count). The number of alkyl halides is 3. The summed E-state index contributed by atoms with van der Waals surface area (Å²) in [5, 5.41) is 16.4. The van der Waals surface area contributed by atoms with Crippen LogP contribution in [0.15, 0.2) is 4.99 Å². The second kappa shape index (κ2) is 5.73. The van der Waals surface area contributed by atoms with Crippen molar-refractivity contribution in [1.29, 1.82) is 0 Å². The molecule has 0 aromatic heterocycles. The Morgan fingerprint density at radius 2 is 1.88 bits per heavy atom. The number of thioether (sulfide) groups is 1. The van der Waals surface area contributed by atoms with Gasteiger partial charge >= 0.3 is 18.1 Å². The van der Waals surface area contributed by atoms with Crippen LogP contribution in [-0.4, -0.2) is 45.2 Å². The van der Waals surface area contributed by atoms with E-state index in [0.29, 0.717) is 5.75 Å². The van der Waals surface area contributed by atoms with E-state index in [-0.39, 0.29) is 0 Å². The van der Waals surface area contributed by atoms with Gasteiger partial charge in [-0.3, -0.25) is 4.99 Å². The van der Waals surface area contributed by atoms with Crippen molar-refractivity contribution in [3.63, 3.8) is 0 Å². The van der Waals surface area contributed by atoms with Crippen LogP contribution in [0, 0.1) is 0 Å².